The first-order valence-electron chi connectivity index (χ1n) is 8.51. The Balaban J connectivity index is 1.65. The molecule has 3 rings (SSSR count). The number of likely N-dealkylation sites (N-methyl/N-ethyl adjacent to an activating group) is 1. The van der Waals surface area contributed by atoms with Crippen LogP contribution in [0.5, 0.6) is 0 Å². The summed E-state index contributed by atoms with van der Waals surface area (Å²) >= 11 is 1.61. The maximum Gasteiger partial charge on any atom is 0.282 e. The summed E-state index contributed by atoms with van der Waals surface area (Å²) in [6.07, 6.45) is 6.34. The van der Waals surface area contributed by atoms with E-state index in [1.165, 1.54) is 23.4 Å². The van der Waals surface area contributed by atoms with Gasteiger partial charge in [-0.3, -0.25) is 4.79 Å². The van der Waals surface area contributed by atoms with E-state index in [1.807, 2.05) is 4.90 Å². The van der Waals surface area contributed by atoms with Crippen LogP contribution >= 0.6 is 11.3 Å². The normalized spacial score (nSPS) is 20.6. The Bertz CT molecular complexity index is 539. The number of hydrogen-bond acceptors (Lipinski definition) is 5. The molecule has 1 saturated heterocycles. The summed E-state index contributed by atoms with van der Waals surface area (Å²) < 4.78 is 5.80. The van der Waals surface area contributed by atoms with Gasteiger partial charge >= 0.3 is 0 Å². The van der Waals surface area contributed by atoms with E-state index in [4.69, 9.17) is 4.74 Å². The predicted octanol–water partition coefficient (Wildman–Crippen LogP) is 2.20. The van der Waals surface area contributed by atoms with Gasteiger partial charge in [0.1, 0.15) is 0 Å². The van der Waals surface area contributed by atoms with Crippen molar-refractivity contribution in [1.82, 2.24) is 14.8 Å². The second-order valence-corrected chi connectivity index (χ2v) is 8.10. The Morgan fingerprint density at radius 2 is 2.00 bits per heavy atom. The number of piperidine rings is 1. The molecule has 1 aliphatic heterocycles. The monoisotopic (exact) mass is 337 g/mol. The Kier molecular flexibility index (Phi) is 5.04. The minimum Gasteiger partial charge on any atom is -0.377 e. The third kappa shape index (κ3) is 3.59. The summed E-state index contributed by atoms with van der Waals surface area (Å²) in [7, 11) is 5.92. The lowest BCUT2D eigenvalue weighted by Gasteiger charge is -2.42. The number of fused-ring (bicyclic) bond motifs is 1. The van der Waals surface area contributed by atoms with Gasteiger partial charge in [0, 0.05) is 31.6 Å². The summed E-state index contributed by atoms with van der Waals surface area (Å²) in [4.78, 5) is 22.8. The molecule has 1 aliphatic carbocycles. The van der Waals surface area contributed by atoms with Crippen molar-refractivity contribution in [3.05, 3.63) is 15.6 Å². The first-order chi connectivity index (χ1) is 11.0. The number of hydrogen-bond donors (Lipinski definition) is 0. The molecular weight excluding hydrogens is 310 g/mol. The molecule has 0 unspecified atom stereocenters. The summed E-state index contributed by atoms with van der Waals surface area (Å²) in [6, 6.07) is 0. The lowest BCUT2D eigenvalue weighted by Crippen LogP contribution is -2.52. The smallest absolute Gasteiger partial charge is 0.282 e. The minimum absolute atomic E-state index is 0.110. The summed E-state index contributed by atoms with van der Waals surface area (Å²) in [5.74, 6) is 0.110. The molecule has 128 valence electrons. The molecule has 1 fully saturated rings. The van der Waals surface area contributed by atoms with E-state index >= 15 is 0 Å². The van der Waals surface area contributed by atoms with Crippen LogP contribution in [0.2, 0.25) is 0 Å². The fraction of sp³-hybridized carbons (Fsp3) is 0.765. The topological polar surface area (TPSA) is 45.7 Å². The zero-order valence-electron chi connectivity index (χ0n) is 14.4. The largest absolute Gasteiger partial charge is 0.377 e. The first-order valence-corrected chi connectivity index (χ1v) is 9.32. The molecule has 0 N–H and O–H groups in total. The van der Waals surface area contributed by atoms with E-state index in [-0.39, 0.29) is 11.5 Å². The zero-order chi connectivity index (χ0) is 16.4. The molecule has 1 amide bonds. The molecule has 0 saturated carbocycles. The third-order valence-electron chi connectivity index (χ3n) is 5.03. The third-order valence-corrected chi connectivity index (χ3v) is 6.17. The van der Waals surface area contributed by atoms with Crippen molar-refractivity contribution in [3.63, 3.8) is 0 Å². The standard InChI is InChI=1S/C17H27N3O2S/c1-19(2)12-17(22-3)8-10-20(11-9-17)16(21)15-18-13-6-4-5-7-14(13)23-15/h4-12H2,1-3H3. The van der Waals surface area contributed by atoms with Gasteiger partial charge < -0.3 is 14.5 Å². The Hall–Kier alpha value is -0.980. The average molecular weight is 337 g/mol. The molecule has 1 aromatic heterocycles. The highest BCUT2D eigenvalue weighted by molar-refractivity contribution is 7.13. The second-order valence-electron chi connectivity index (χ2n) is 7.01. The lowest BCUT2D eigenvalue weighted by molar-refractivity contribution is -0.0654. The van der Waals surface area contributed by atoms with Gasteiger partial charge in [-0.1, -0.05) is 0 Å². The molecule has 0 aromatic carbocycles. The molecule has 0 spiro atoms. The van der Waals surface area contributed by atoms with Gasteiger partial charge in [0.25, 0.3) is 5.91 Å². The lowest BCUT2D eigenvalue weighted by atomic mass is 9.90. The summed E-state index contributed by atoms with van der Waals surface area (Å²) in [6.45, 7) is 2.41. The van der Waals surface area contributed by atoms with Crippen molar-refractivity contribution in [1.29, 1.82) is 0 Å². The predicted molar refractivity (Wildman–Crippen MR) is 92.2 cm³/mol. The highest BCUT2D eigenvalue weighted by Gasteiger charge is 2.37. The quantitative estimate of drug-likeness (QED) is 0.845. The molecular formula is C17H27N3O2S. The Morgan fingerprint density at radius 1 is 1.30 bits per heavy atom. The van der Waals surface area contributed by atoms with Crippen LogP contribution in [0.15, 0.2) is 0 Å². The van der Waals surface area contributed by atoms with Crippen molar-refractivity contribution in [2.45, 2.75) is 44.1 Å². The van der Waals surface area contributed by atoms with Crippen LogP contribution in [0.3, 0.4) is 0 Å². The van der Waals surface area contributed by atoms with Crippen molar-refractivity contribution in [2.24, 2.45) is 0 Å². The van der Waals surface area contributed by atoms with E-state index < -0.39 is 0 Å². The maximum absolute atomic E-state index is 12.8. The van der Waals surface area contributed by atoms with Gasteiger partial charge in [0.15, 0.2) is 5.01 Å². The number of likely N-dealkylation sites (tertiary alicyclic amines) is 1. The van der Waals surface area contributed by atoms with Gasteiger partial charge in [-0.15, -0.1) is 11.3 Å². The highest BCUT2D eigenvalue weighted by Crippen LogP contribution is 2.30. The minimum atomic E-state index is -0.123. The van der Waals surface area contributed by atoms with E-state index in [1.54, 1.807) is 18.4 Å². The number of nitrogens with zero attached hydrogens (tertiary/aromatic N) is 3. The highest BCUT2D eigenvalue weighted by atomic mass is 32.1. The molecule has 2 aliphatic rings. The number of thiazole rings is 1. The number of carbonyl (C=O) groups excluding carboxylic acids is 1. The van der Waals surface area contributed by atoms with Crippen molar-refractivity contribution in [3.8, 4) is 0 Å². The fourth-order valence-electron chi connectivity index (χ4n) is 3.70. The first kappa shape index (κ1) is 16.9. The maximum atomic E-state index is 12.8. The number of ether oxygens (including phenoxy) is 1. The molecule has 5 nitrogen and oxygen atoms in total. The Morgan fingerprint density at radius 3 is 2.61 bits per heavy atom. The van der Waals surface area contributed by atoms with Crippen LogP contribution < -0.4 is 0 Å². The zero-order valence-corrected chi connectivity index (χ0v) is 15.2. The number of aromatic nitrogens is 1. The van der Waals surface area contributed by atoms with Gasteiger partial charge in [-0.05, 0) is 52.6 Å². The van der Waals surface area contributed by atoms with E-state index in [0.29, 0.717) is 5.01 Å². The molecule has 2 heterocycles. The fourth-order valence-corrected chi connectivity index (χ4v) is 4.82. The molecule has 0 bridgehead atoms. The van der Waals surface area contributed by atoms with Gasteiger partial charge in [-0.25, -0.2) is 4.98 Å². The SMILES string of the molecule is COC1(CN(C)C)CCN(C(=O)c2nc3c(s2)CCCC3)CC1. The number of amides is 1. The van der Waals surface area contributed by atoms with Gasteiger partial charge in [0.2, 0.25) is 0 Å². The second kappa shape index (κ2) is 6.87. The average Bonchev–Trinajstić information content (AvgIpc) is 2.98. The number of rotatable bonds is 4. The number of aryl methyl sites for hydroxylation is 2. The van der Waals surface area contributed by atoms with Gasteiger partial charge in [-0.2, -0.15) is 0 Å². The van der Waals surface area contributed by atoms with Crippen LogP contribution in [0.4, 0.5) is 0 Å². The number of carbonyl (C=O) groups is 1. The number of methoxy groups -OCH3 is 1. The van der Waals surface area contributed by atoms with Crippen molar-refractivity contribution in [2.75, 3.05) is 40.8 Å². The van der Waals surface area contributed by atoms with Crippen molar-refractivity contribution < 1.29 is 9.53 Å². The molecule has 1 aromatic rings. The summed E-state index contributed by atoms with van der Waals surface area (Å²) in [5.41, 5.74) is 1.04. The van der Waals surface area contributed by atoms with E-state index in [2.05, 4.69) is 24.0 Å². The van der Waals surface area contributed by atoms with E-state index in [0.717, 1.165) is 45.3 Å². The van der Waals surface area contributed by atoms with Crippen LogP contribution in [-0.2, 0) is 17.6 Å². The van der Waals surface area contributed by atoms with Crippen LogP contribution in [-0.4, -0.2) is 67.1 Å². The van der Waals surface area contributed by atoms with E-state index in [9.17, 15) is 4.79 Å². The van der Waals surface area contributed by atoms with Crippen LogP contribution in [0.1, 0.15) is 46.1 Å². The molecule has 0 atom stereocenters. The van der Waals surface area contributed by atoms with Crippen LogP contribution in [0.25, 0.3) is 0 Å². The Labute approximate surface area is 142 Å². The summed E-state index contributed by atoms with van der Waals surface area (Å²) in [5, 5.41) is 0.689. The molecule has 23 heavy (non-hydrogen) atoms. The molecule has 0 radical (unpaired) electrons. The molecule has 6 heteroatoms. The van der Waals surface area contributed by atoms with Crippen molar-refractivity contribution >= 4 is 17.2 Å². The van der Waals surface area contributed by atoms with Crippen LogP contribution in [0, 0.1) is 0 Å². The van der Waals surface area contributed by atoms with Gasteiger partial charge in [0.05, 0.1) is 11.3 Å².